The van der Waals surface area contributed by atoms with Crippen LogP contribution in [0.1, 0.15) is 19.3 Å². The Bertz CT molecular complexity index is 479. The molecule has 0 radical (unpaired) electrons. The summed E-state index contributed by atoms with van der Waals surface area (Å²) in [5, 5.41) is 8.74. The molecule has 1 fully saturated rings. The minimum atomic E-state index is 0.550. The average Bonchev–Trinajstić information content (AvgIpc) is 2.82. The van der Waals surface area contributed by atoms with Gasteiger partial charge < -0.3 is 0 Å². The van der Waals surface area contributed by atoms with Gasteiger partial charge in [0.1, 0.15) is 0 Å². The van der Waals surface area contributed by atoms with Gasteiger partial charge in [-0.05, 0) is 19.3 Å². The van der Waals surface area contributed by atoms with Crippen LogP contribution in [0.15, 0.2) is 0 Å². The summed E-state index contributed by atoms with van der Waals surface area (Å²) < 4.78 is 3.69. The van der Waals surface area contributed by atoms with Crippen molar-refractivity contribution >= 4 is 217 Å². The lowest BCUT2D eigenvalue weighted by molar-refractivity contribution is 1.02. The maximum absolute atomic E-state index is 4.55. The molecular formula is C18H36S18. The summed E-state index contributed by atoms with van der Waals surface area (Å²) in [4.78, 5) is 0. The van der Waals surface area contributed by atoms with E-state index in [2.05, 4.69) is 146 Å². The van der Waals surface area contributed by atoms with Gasteiger partial charge in [-0.3, -0.25) is 0 Å². The molecule has 18 heteroatoms. The Labute approximate surface area is 304 Å². The van der Waals surface area contributed by atoms with Gasteiger partial charge in [0, 0.05) is 45.8 Å². The van der Waals surface area contributed by atoms with E-state index in [1.54, 1.807) is 0 Å². The Morgan fingerprint density at radius 3 is 1.08 bits per heavy atom. The molecule has 1 rings (SSSR count). The van der Waals surface area contributed by atoms with Gasteiger partial charge in [-0.25, -0.2) is 0 Å². The standard InChI is InChI=1S/C18H36S18/c19-4-25-13(26-5-20)1-14(27-6-21)31-10-32-15(28-7-22)2-16(29-8-23)33-11-34-17(30-9-24)3-18-35-12-36-18/h13-24H,1-12H2. The topological polar surface area (TPSA) is 0 Å². The molecule has 1 heterocycles. The molecule has 4 atom stereocenters. The van der Waals surface area contributed by atoms with Crippen LogP contribution in [-0.2, 0) is 0 Å². The average molecular weight is 830 g/mol. The van der Waals surface area contributed by atoms with Gasteiger partial charge in [-0.15, -0.1) is 141 Å². The molecule has 36 heavy (non-hydrogen) atoms. The van der Waals surface area contributed by atoms with Crippen LogP contribution >= 0.6 is 217 Å². The second-order valence-electron chi connectivity index (χ2n) is 6.41. The fraction of sp³-hybridized carbons (Fsp3) is 1.00. The lowest BCUT2D eigenvalue weighted by Crippen LogP contribution is -2.14. The lowest BCUT2D eigenvalue weighted by Gasteiger charge is -2.28. The van der Waals surface area contributed by atoms with Crippen LogP contribution in [0.4, 0.5) is 0 Å². The number of thiol groups is 6. The molecule has 0 spiro atoms. The van der Waals surface area contributed by atoms with Crippen molar-refractivity contribution in [2.75, 3.05) is 45.8 Å². The van der Waals surface area contributed by atoms with E-state index in [4.69, 9.17) is 0 Å². The zero-order valence-electron chi connectivity index (χ0n) is 19.5. The first-order valence-electron chi connectivity index (χ1n) is 10.6. The molecular weight excluding hydrogens is 793 g/mol. The molecule has 0 N–H and O–H groups in total. The van der Waals surface area contributed by atoms with Gasteiger partial charge in [0.25, 0.3) is 0 Å². The molecule has 216 valence electrons. The quantitative estimate of drug-likeness (QED) is 0.0363. The highest BCUT2D eigenvalue weighted by Crippen LogP contribution is 2.47. The molecule has 0 bridgehead atoms. The molecule has 1 aliphatic rings. The molecule has 0 aliphatic carbocycles. The maximum Gasteiger partial charge on any atom is 0.0537 e. The molecule has 0 aromatic rings. The highest BCUT2D eigenvalue weighted by Gasteiger charge is 2.25. The zero-order chi connectivity index (χ0) is 26.4. The molecule has 1 aliphatic heterocycles. The number of hydrogen-bond donors (Lipinski definition) is 6. The van der Waals surface area contributed by atoms with E-state index in [0.717, 1.165) is 51.7 Å². The van der Waals surface area contributed by atoms with Gasteiger partial charge in [0.15, 0.2) is 0 Å². The van der Waals surface area contributed by atoms with Crippen molar-refractivity contribution in [3.05, 3.63) is 0 Å². The molecule has 0 aromatic heterocycles. The van der Waals surface area contributed by atoms with Crippen molar-refractivity contribution in [3.63, 3.8) is 0 Å². The van der Waals surface area contributed by atoms with Gasteiger partial charge in [0.2, 0.25) is 0 Å². The molecule has 4 unspecified atom stereocenters. The van der Waals surface area contributed by atoms with E-state index in [9.17, 15) is 0 Å². The van der Waals surface area contributed by atoms with Crippen molar-refractivity contribution < 1.29 is 0 Å². The summed E-state index contributed by atoms with van der Waals surface area (Å²) in [7, 11) is 0. The minimum Gasteiger partial charge on any atom is -0.168 e. The van der Waals surface area contributed by atoms with Gasteiger partial charge in [0.05, 0.1) is 27.5 Å². The Morgan fingerprint density at radius 1 is 0.472 bits per heavy atom. The van der Waals surface area contributed by atoms with E-state index in [1.807, 2.05) is 70.6 Å². The Hall–Kier alpha value is 6.30. The van der Waals surface area contributed by atoms with Crippen LogP contribution in [0.5, 0.6) is 0 Å². The molecule has 0 aromatic carbocycles. The van der Waals surface area contributed by atoms with Crippen molar-refractivity contribution in [3.8, 4) is 0 Å². The molecule has 0 nitrogen and oxygen atoms in total. The summed E-state index contributed by atoms with van der Waals surface area (Å²) in [5.74, 6) is 0. The zero-order valence-corrected chi connectivity index (χ0v) is 34.7. The first-order valence-corrected chi connectivity index (χ1v) is 27.0. The van der Waals surface area contributed by atoms with E-state index >= 15 is 0 Å². The number of rotatable bonds is 26. The maximum atomic E-state index is 4.55. The Morgan fingerprint density at radius 2 is 0.778 bits per heavy atom. The third-order valence-electron chi connectivity index (χ3n) is 4.24. The fourth-order valence-corrected chi connectivity index (χ4v) is 23.6. The van der Waals surface area contributed by atoms with E-state index < -0.39 is 0 Å². The van der Waals surface area contributed by atoms with Gasteiger partial charge >= 0.3 is 0 Å². The van der Waals surface area contributed by atoms with Crippen molar-refractivity contribution in [2.24, 2.45) is 0 Å². The minimum absolute atomic E-state index is 0.550. The first kappa shape index (κ1) is 40.3. The van der Waals surface area contributed by atoms with Crippen LogP contribution in [0.25, 0.3) is 0 Å². The predicted molar refractivity (Wildman–Crippen MR) is 225 cm³/mol. The SMILES string of the molecule is SCSC(CC(SCS)SCSC(CC(SCS)SCSC(CC1SCS1)SCS)SCS)SCS. The highest BCUT2D eigenvalue weighted by molar-refractivity contribution is 8.33. The van der Waals surface area contributed by atoms with Crippen molar-refractivity contribution in [2.45, 2.75) is 46.8 Å². The number of hydrogen-bond acceptors (Lipinski definition) is 18. The van der Waals surface area contributed by atoms with Gasteiger partial charge in [-0.2, -0.15) is 75.8 Å². The van der Waals surface area contributed by atoms with E-state index in [-0.39, 0.29) is 0 Å². The molecule has 1 saturated heterocycles. The lowest BCUT2D eigenvalue weighted by atomic mass is 10.5. The molecule has 0 amide bonds. The second kappa shape index (κ2) is 28.8. The summed E-state index contributed by atoms with van der Waals surface area (Å²) in [6.45, 7) is 0. The Balaban J connectivity index is 2.50. The fourth-order valence-electron chi connectivity index (χ4n) is 2.57. The second-order valence-corrected chi connectivity index (χ2v) is 28.1. The third-order valence-corrected chi connectivity index (χ3v) is 22.8. The number of thioether (sulfide) groups is 12. The van der Waals surface area contributed by atoms with Crippen molar-refractivity contribution in [1.29, 1.82) is 0 Å². The first-order chi connectivity index (χ1) is 17.6. The van der Waals surface area contributed by atoms with E-state index in [0.29, 0.717) is 22.9 Å². The van der Waals surface area contributed by atoms with E-state index in [1.165, 1.54) is 17.9 Å². The summed E-state index contributed by atoms with van der Waals surface area (Å²) in [5.41, 5.74) is 0. The summed E-state index contributed by atoms with van der Waals surface area (Å²) >= 11 is 51.3. The molecule has 0 saturated carbocycles. The largest absolute Gasteiger partial charge is 0.168 e. The van der Waals surface area contributed by atoms with Crippen molar-refractivity contribution in [1.82, 2.24) is 0 Å². The summed E-state index contributed by atoms with van der Waals surface area (Å²) in [6, 6.07) is 0. The highest BCUT2D eigenvalue weighted by atomic mass is 32.3. The van der Waals surface area contributed by atoms with Crippen LogP contribution in [0, 0.1) is 0 Å². The normalized spacial score (nSPS) is 17.8. The summed E-state index contributed by atoms with van der Waals surface area (Å²) in [6.07, 6.45) is 3.63. The van der Waals surface area contributed by atoms with Crippen LogP contribution in [-0.4, -0.2) is 73.3 Å². The van der Waals surface area contributed by atoms with Gasteiger partial charge in [-0.1, -0.05) is 0 Å². The van der Waals surface area contributed by atoms with Crippen LogP contribution in [0.2, 0.25) is 0 Å². The smallest absolute Gasteiger partial charge is 0.0537 e. The monoisotopic (exact) mass is 828 g/mol. The predicted octanol–water partition coefficient (Wildman–Crippen LogP) is 11.1. The Kier molecular flexibility index (Phi) is 32.2. The van der Waals surface area contributed by atoms with Crippen LogP contribution in [0.3, 0.4) is 0 Å². The third kappa shape index (κ3) is 21.1. The van der Waals surface area contributed by atoms with Crippen LogP contribution < -0.4 is 0 Å².